The summed E-state index contributed by atoms with van der Waals surface area (Å²) in [6.07, 6.45) is 1.86. The minimum atomic E-state index is 0.570. The lowest BCUT2D eigenvalue weighted by molar-refractivity contribution is 0.172. The summed E-state index contributed by atoms with van der Waals surface area (Å²) in [4.78, 5) is 4.58. The number of hydrogen-bond donors (Lipinski definition) is 1. The lowest BCUT2D eigenvalue weighted by Gasteiger charge is -2.18. The summed E-state index contributed by atoms with van der Waals surface area (Å²) >= 11 is 0. The van der Waals surface area contributed by atoms with E-state index in [0.29, 0.717) is 13.2 Å². The largest absolute Gasteiger partial charge is 0.486 e. The molecule has 0 saturated heterocycles. The molecule has 2 aromatic heterocycles. The average molecular weight is 303 g/mol. The second-order valence-corrected chi connectivity index (χ2v) is 5.50. The zero-order valence-corrected chi connectivity index (χ0v) is 12.2. The number of aromatic nitrogens is 3. The van der Waals surface area contributed by atoms with Crippen LogP contribution in [0.2, 0.25) is 0 Å². The first-order chi connectivity index (χ1) is 11.4. The highest BCUT2D eigenvalue weighted by atomic mass is 16.6. The Kier molecular flexibility index (Phi) is 2.55. The first-order valence-electron chi connectivity index (χ1n) is 7.52. The van der Waals surface area contributed by atoms with Crippen LogP contribution in [0.15, 0.2) is 48.7 Å². The van der Waals surface area contributed by atoms with E-state index in [1.807, 2.05) is 48.7 Å². The molecule has 5 rings (SSSR count). The standard InChI is InChI=1S/C18H13N3O2/c1-2-4-11(5-3-1)17-13-10-19-14-9-16-15(22-6-7-23-16)8-12(14)18(13)21-20-17/h1-5,8-10H,6-7H2,(H,20,21). The summed E-state index contributed by atoms with van der Waals surface area (Å²) in [7, 11) is 0. The summed E-state index contributed by atoms with van der Waals surface area (Å²) < 4.78 is 11.3. The van der Waals surface area contributed by atoms with Crippen LogP contribution in [0.4, 0.5) is 0 Å². The molecule has 23 heavy (non-hydrogen) atoms. The molecule has 0 aliphatic carbocycles. The Morgan fingerprint density at radius 2 is 1.70 bits per heavy atom. The van der Waals surface area contributed by atoms with Crippen LogP contribution in [0, 0.1) is 0 Å². The van der Waals surface area contributed by atoms with Gasteiger partial charge in [-0.25, -0.2) is 0 Å². The van der Waals surface area contributed by atoms with Crippen LogP contribution in [0.25, 0.3) is 33.1 Å². The van der Waals surface area contributed by atoms with Crippen molar-refractivity contribution in [3.8, 4) is 22.8 Å². The molecular weight excluding hydrogens is 290 g/mol. The van der Waals surface area contributed by atoms with Crippen LogP contribution < -0.4 is 9.47 Å². The number of benzene rings is 2. The molecule has 4 aromatic rings. The van der Waals surface area contributed by atoms with Crippen LogP contribution in [-0.2, 0) is 0 Å². The van der Waals surface area contributed by atoms with E-state index in [1.165, 1.54) is 0 Å². The number of nitrogens with one attached hydrogen (secondary N) is 1. The monoisotopic (exact) mass is 303 g/mol. The Balaban J connectivity index is 1.79. The highest BCUT2D eigenvalue weighted by Crippen LogP contribution is 2.37. The maximum atomic E-state index is 5.68. The maximum absolute atomic E-state index is 5.68. The van der Waals surface area contributed by atoms with Crippen LogP contribution in [0.1, 0.15) is 0 Å². The van der Waals surface area contributed by atoms with E-state index in [2.05, 4.69) is 15.2 Å². The van der Waals surface area contributed by atoms with E-state index >= 15 is 0 Å². The van der Waals surface area contributed by atoms with Gasteiger partial charge in [-0.05, 0) is 6.07 Å². The van der Waals surface area contributed by atoms with E-state index in [0.717, 1.165) is 44.6 Å². The normalized spacial score (nSPS) is 13.6. The van der Waals surface area contributed by atoms with Crippen molar-refractivity contribution in [1.82, 2.24) is 15.2 Å². The summed E-state index contributed by atoms with van der Waals surface area (Å²) in [5, 5.41) is 9.63. The van der Waals surface area contributed by atoms with E-state index in [4.69, 9.17) is 9.47 Å². The van der Waals surface area contributed by atoms with E-state index < -0.39 is 0 Å². The molecule has 5 nitrogen and oxygen atoms in total. The molecule has 1 aliphatic heterocycles. The van der Waals surface area contributed by atoms with Crippen molar-refractivity contribution in [1.29, 1.82) is 0 Å². The molecule has 0 atom stereocenters. The lowest BCUT2D eigenvalue weighted by Crippen LogP contribution is -2.15. The van der Waals surface area contributed by atoms with Gasteiger partial charge in [-0.2, -0.15) is 5.10 Å². The lowest BCUT2D eigenvalue weighted by atomic mass is 10.1. The van der Waals surface area contributed by atoms with Crippen molar-refractivity contribution in [2.75, 3.05) is 13.2 Å². The van der Waals surface area contributed by atoms with Crippen molar-refractivity contribution in [3.05, 3.63) is 48.7 Å². The van der Waals surface area contributed by atoms with Gasteiger partial charge in [0.2, 0.25) is 0 Å². The van der Waals surface area contributed by atoms with Crippen LogP contribution in [0.3, 0.4) is 0 Å². The predicted octanol–water partition coefficient (Wildman–Crippen LogP) is 3.55. The summed E-state index contributed by atoms with van der Waals surface area (Å²) in [6, 6.07) is 14.0. The van der Waals surface area contributed by atoms with Gasteiger partial charge in [-0.3, -0.25) is 10.1 Å². The van der Waals surface area contributed by atoms with E-state index in [1.54, 1.807) is 0 Å². The second-order valence-electron chi connectivity index (χ2n) is 5.50. The smallest absolute Gasteiger partial charge is 0.163 e. The number of ether oxygens (including phenoxy) is 2. The zero-order chi connectivity index (χ0) is 15.2. The third-order valence-electron chi connectivity index (χ3n) is 4.11. The molecule has 0 spiro atoms. The van der Waals surface area contributed by atoms with Crippen LogP contribution in [-0.4, -0.2) is 28.4 Å². The SMILES string of the molecule is c1ccc(-c2n[nH]c3c2cnc2cc4c(cc23)OCCO4)cc1. The van der Waals surface area contributed by atoms with Gasteiger partial charge < -0.3 is 9.47 Å². The molecule has 1 aliphatic rings. The summed E-state index contributed by atoms with van der Waals surface area (Å²) in [5.74, 6) is 1.51. The van der Waals surface area contributed by atoms with Gasteiger partial charge >= 0.3 is 0 Å². The fraction of sp³-hybridized carbons (Fsp3) is 0.111. The van der Waals surface area contributed by atoms with Crippen molar-refractivity contribution in [2.24, 2.45) is 0 Å². The number of aromatic amines is 1. The van der Waals surface area contributed by atoms with Gasteiger partial charge in [0.1, 0.15) is 18.9 Å². The van der Waals surface area contributed by atoms with Crippen molar-refractivity contribution >= 4 is 21.8 Å². The Hall–Kier alpha value is -3.08. The minimum absolute atomic E-state index is 0.570. The number of H-pyrrole nitrogens is 1. The Labute approximate surface area is 131 Å². The fourth-order valence-electron chi connectivity index (χ4n) is 3.02. The molecule has 3 heterocycles. The van der Waals surface area contributed by atoms with Crippen LogP contribution >= 0.6 is 0 Å². The first-order valence-corrected chi connectivity index (χ1v) is 7.52. The Morgan fingerprint density at radius 1 is 0.913 bits per heavy atom. The van der Waals surface area contributed by atoms with Gasteiger partial charge in [-0.1, -0.05) is 30.3 Å². The molecule has 2 aromatic carbocycles. The number of rotatable bonds is 1. The first kappa shape index (κ1) is 12.5. The van der Waals surface area contributed by atoms with Gasteiger partial charge in [0, 0.05) is 28.6 Å². The predicted molar refractivity (Wildman–Crippen MR) is 87.8 cm³/mol. The highest BCUT2D eigenvalue weighted by molar-refractivity contribution is 6.08. The minimum Gasteiger partial charge on any atom is -0.486 e. The third-order valence-corrected chi connectivity index (χ3v) is 4.11. The van der Waals surface area contributed by atoms with Gasteiger partial charge in [0.15, 0.2) is 11.5 Å². The number of nitrogens with zero attached hydrogens (tertiary/aromatic N) is 2. The molecule has 1 N–H and O–H groups in total. The molecule has 0 bridgehead atoms. The van der Waals surface area contributed by atoms with E-state index in [-0.39, 0.29) is 0 Å². The van der Waals surface area contributed by atoms with Crippen LogP contribution in [0.5, 0.6) is 11.5 Å². The number of hydrogen-bond acceptors (Lipinski definition) is 4. The Morgan fingerprint density at radius 3 is 2.52 bits per heavy atom. The van der Waals surface area contributed by atoms with Crippen molar-refractivity contribution in [3.63, 3.8) is 0 Å². The van der Waals surface area contributed by atoms with Crippen molar-refractivity contribution < 1.29 is 9.47 Å². The maximum Gasteiger partial charge on any atom is 0.163 e. The highest BCUT2D eigenvalue weighted by Gasteiger charge is 2.17. The quantitative estimate of drug-likeness (QED) is 0.584. The topological polar surface area (TPSA) is 60.0 Å². The molecule has 0 amide bonds. The molecule has 112 valence electrons. The van der Waals surface area contributed by atoms with Gasteiger partial charge in [0.25, 0.3) is 0 Å². The van der Waals surface area contributed by atoms with Gasteiger partial charge in [0.05, 0.1) is 11.0 Å². The van der Waals surface area contributed by atoms with E-state index in [9.17, 15) is 0 Å². The average Bonchev–Trinajstić information content (AvgIpc) is 3.05. The third kappa shape index (κ3) is 1.86. The molecule has 0 fully saturated rings. The molecule has 0 saturated carbocycles. The molecule has 0 unspecified atom stereocenters. The number of pyridine rings is 1. The second kappa shape index (κ2) is 4.71. The molecule has 0 radical (unpaired) electrons. The van der Waals surface area contributed by atoms with Crippen molar-refractivity contribution in [2.45, 2.75) is 0 Å². The molecular formula is C18H13N3O2. The zero-order valence-electron chi connectivity index (χ0n) is 12.2. The summed E-state index contributed by atoms with van der Waals surface area (Å²) in [5.41, 5.74) is 3.80. The van der Waals surface area contributed by atoms with Gasteiger partial charge in [-0.15, -0.1) is 0 Å². The molecule has 5 heteroatoms. The Bertz CT molecular complexity index is 1020. The summed E-state index contributed by atoms with van der Waals surface area (Å²) in [6.45, 7) is 1.14. The fourth-order valence-corrected chi connectivity index (χ4v) is 3.02. The number of fused-ring (bicyclic) bond motifs is 4.